The number of rotatable bonds is 3. The molecule has 1 aliphatic carbocycles. The maximum absolute atomic E-state index is 10.5. The van der Waals surface area contributed by atoms with E-state index in [2.05, 4.69) is 30.4 Å². The van der Waals surface area contributed by atoms with Crippen molar-refractivity contribution in [1.82, 2.24) is 5.32 Å². The van der Waals surface area contributed by atoms with Crippen molar-refractivity contribution in [2.24, 2.45) is 0 Å². The molecule has 2 aliphatic rings. The van der Waals surface area contributed by atoms with Gasteiger partial charge in [0.2, 0.25) is 0 Å². The molecule has 2 N–H and O–H groups in total. The third-order valence-electron chi connectivity index (χ3n) is 4.65. The number of fused-ring (bicyclic) bond motifs is 1. The van der Waals surface area contributed by atoms with Gasteiger partial charge in [-0.05, 0) is 44.2 Å². The maximum Gasteiger partial charge on any atom is 0.124 e. The van der Waals surface area contributed by atoms with Gasteiger partial charge in [0.15, 0.2) is 0 Å². The van der Waals surface area contributed by atoms with E-state index >= 15 is 0 Å². The lowest BCUT2D eigenvalue weighted by atomic mass is 9.97. The minimum atomic E-state index is -0.488. The highest BCUT2D eigenvalue weighted by molar-refractivity contribution is 5.40. The van der Waals surface area contributed by atoms with Crippen molar-refractivity contribution < 1.29 is 9.84 Å². The molecule has 20 heavy (non-hydrogen) atoms. The molecule has 3 rings (SSSR count). The fraction of sp³-hybridized carbons (Fsp3) is 0.647. The molecular weight excluding hydrogens is 250 g/mol. The zero-order valence-corrected chi connectivity index (χ0v) is 12.3. The minimum Gasteiger partial charge on any atom is -0.493 e. The first kappa shape index (κ1) is 13.9. The monoisotopic (exact) mass is 275 g/mol. The Labute approximate surface area is 121 Å². The molecule has 0 saturated heterocycles. The van der Waals surface area contributed by atoms with Gasteiger partial charge in [0, 0.05) is 18.2 Å². The van der Waals surface area contributed by atoms with Crippen molar-refractivity contribution in [3.05, 3.63) is 29.3 Å². The first-order chi connectivity index (χ1) is 9.66. The van der Waals surface area contributed by atoms with Gasteiger partial charge in [0.05, 0.1) is 12.2 Å². The number of aliphatic hydroxyl groups is 1. The lowest BCUT2D eigenvalue weighted by Crippen LogP contribution is -2.39. The summed E-state index contributed by atoms with van der Waals surface area (Å²) in [6.07, 6.45) is 6.31. The molecule has 1 aliphatic heterocycles. The summed E-state index contributed by atoms with van der Waals surface area (Å²) in [6, 6.07) is 6.75. The number of hydrogen-bond donors (Lipinski definition) is 2. The Kier molecular flexibility index (Phi) is 3.99. The molecular formula is C17H25NO2. The van der Waals surface area contributed by atoms with Crippen molar-refractivity contribution in [1.29, 1.82) is 0 Å². The van der Waals surface area contributed by atoms with Crippen LogP contribution in [0.1, 0.15) is 55.7 Å². The van der Waals surface area contributed by atoms with Crippen LogP contribution in [0.3, 0.4) is 0 Å². The highest BCUT2D eigenvalue weighted by Crippen LogP contribution is 2.34. The van der Waals surface area contributed by atoms with Crippen LogP contribution in [0.25, 0.3) is 0 Å². The molecule has 110 valence electrons. The highest BCUT2D eigenvalue weighted by atomic mass is 16.5. The third-order valence-corrected chi connectivity index (χ3v) is 4.65. The van der Waals surface area contributed by atoms with Gasteiger partial charge in [-0.3, -0.25) is 0 Å². The second-order valence-electron chi connectivity index (χ2n) is 6.40. The molecule has 0 radical (unpaired) electrons. The van der Waals surface area contributed by atoms with Gasteiger partial charge in [-0.15, -0.1) is 0 Å². The van der Waals surface area contributed by atoms with Crippen molar-refractivity contribution in [3.63, 3.8) is 0 Å². The number of hydrogen-bond acceptors (Lipinski definition) is 3. The first-order valence-electron chi connectivity index (χ1n) is 7.85. The van der Waals surface area contributed by atoms with E-state index in [0.717, 1.165) is 50.9 Å². The molecule has 1 unspecified atom stereocenters. The number of ether oxygens (including phenoxy) is 1. The van der Waals surface area contributed by atoms with E-state index < -0.39 is 5.60 Å². The Balaban J connectivity index is 1.73. The maximum atomic E-state index is 10.5. The summed E-state index contributed by atoms with van der Waals surface area (Å²) in [6.45, 7) is 3.59. The summed E-state index contributed by atoms with van der Waals surface area (Å²) in [5.74, 6) is 1.01. The Morgan fingerprint density at radius 3 is 2.90 bits per heavy atom. The summed E-state index contributed by atoms with van der Waals surface area (Å²) in [5.41, 5.74) is 1.99. The minimum absolute atomic E-state index is 0.303. The van der Waals surface area contributed by atoms with E-state index in [1.54, 1.807) is 0 Å². The molecule has 1 aromatic carbocycles. The Hall–Kier alpha value is -1.06. The van der Waals surface area contributed by atoms with Gasteiger partial charge >= 0.3 is 0 Å². The predicted octanol–water partition coefficient (Wildman–Crippen LogP) is 3.10. The van der Waals surface area contributed by atoms with Crippen molar-refractivity contribution in [2.75, 3.05) is 13.2 Å². The standard InChI is InChI=1S/C17H25NO2/c1-13-6-7-14-15(5-4-10-20-16(14)11-13)18-12-17(19)8-2-3-9-17/h6-7,11,15,18-19H,2-5,8-10,12H2,1H3. The van der Waals surface area contributed by atoms with E-state index in [9.17, 15) is 5.11 Å². The fourth-order valence-corrected chi connectivity index (χ4v) is 3.41. The average Bonchev–Trinajstić information content (AvgIpc) is 2.76. The molecule has 1 aromatic rings. The van der Waals surface area contributed by atoms with Crippen molar-refractivity contribution in [2.45, 2.75) is 57.1 Å². The summed E-state index contributed by atoms with van der Waals surface area (Å²) < 4.78 is 5.85. The lowest BCUT2D eigenvalue weighted by molar-refractivity contribution is 0.0445. The topological polar surface area (TPSA) is 41.5 Å². The summed E-state index contributed by atoms with van der Waals surface area (Å²) in [7, 11) is 0. The quantitative estimate of drug-likeness (QED) is 0.890. The summed E-state index contributed by atoms with van der Waals surface area (Å²) in [4.78, 5) is 0. The van der Waals surface area contributed by atoms with Crippen LogP contribution in [-0.2, 0) is 0 Å². The molecule has 0 amide bonds. The van der Waals surface area contributed by atoms with Gasteiger partial charge < -0.3 is 15.2 Å². The normalized spacial score (nSPS) is 24.8. The molecule has 0 bridgehead atoms. The fourth-order valence-electron chi connectivity index (χ4n) is 3.41. The van der Waals surface area contributed by atoms with E-state index in [1.807, 2.05) is 0 Å². The zero-order valence-electron chi connectivity index (χ0n) is 12.3. The number of benzene rings is 1. The average molecular weight is 275 g/mol. The van der Waals surface area contributed by atoms with Gasteiger partial charge in [-0.1, -0.05) is 25.0 Å². The number of aryl methyl sites for hydroxylation is 1. The van der Waals surface area contributed by atoms with Gasteiger partial charge in [-0.25, -0.2) is 0 Å². The second-order valence-corrected chi connectivity index (χ2v) is 6.40. The smallest absolute Gasteiger partial charge is 0.124 e. The first-order valence-corrected chi connectivity index (χ1v) is 7.85. The van der Waals surface area contributed by atoms with Crippen LogP contribution >= 0.6 is 0 Å². The van der Waals surface area contributed by atoms with Crippen LogP contribution in [0, 0.1) is 6.92 Å². The largest absolute Gasteiger partial charge is 0.493 e. The third kappa shape index (κ3) is 2.99. The molecule has 1 atom stereocenters. The van der Waals surface area contributed by atoms with Crippen LogP contribution in [0.4, 0.5) is 0 Å². The molecule has 3 heteroatoms. The summed E-state index contributed by atoms with van der Waals surface area (Å²) >= 11 is 0. The highest BCUT2D eigenvalue weighted by Gasteiger charge is 2.32. The van der Waals surface area contributed by atoms with E-state index in [1.165, 1.54) is 11.1 Å². The Bertz CT molecular complexity index is 466. The van der Waals surface area contributed by atoms with Crippen LogP contribution in [0.2, 0.25) is 0 Å². The molecule has 1 saturated carbocycles. The summed E-state index contributed by atoms with van der Waals surface area (Å²) in [5, 5.41) is 14.1. The van der Waals surface area contributed by atoms with Crippen molar-refractivity contribution >= 4 is 0 Å². The van der Waals surface area contributed by atoms with Crippen LogP contribution in [0.15, 0.2) is 18.2 Å². The number of nitrogens with one attached hydrogen (secondary N) is 1. The van der Waals surface area contributed by atoms with Crippen molar-refractivity contribution in [3.8, 4) is 5.75 Å². The molecule has 3 nitrogen and oxygen atoms in total. The molecule has 0 spiro atoms. The Morgan fingerprint density at radius 2 is 2.10 bits per heavy atom. The van der Waals surface area contributed by atoms with Gasteiger partial charge in [0.1, 0.15) is 5.75 Å². The van der Waals surface area contributed by atoms with Gasteiger partial charge in [0.25, 0.3) is 0 Å². The molecule has 1 heterocycles. The Morgan fingerprint density at radius 1 is 1.30 bits per heavy atom. The lowest BCUT2D eigenvalue weighted by Gasteiger charge is -2.27. The van der Waals surface area contributed by atoms with Crippen LogP contribution < -0.4 is 10.1 Å². The second kappa shape index (κ2) is 5.74. The van der Waals surface area contributed by atoms with Gasteiger partial charge in [-0.2, -0.15) is 0 Å². The van der Waals surface area contributed by atoms with E-state index in [4.69, 9.17) is 4.74 Å². The molecule has 0 aromatic heterocycles. The molecule has 1 fully saturated rings. The predicted molar refractivity (Wildman–Crippen MR) is 80.1 cm³/mol. The van der Waals surface area contributed by atoms with E-state index in [-0.39, 0.29) is 0 Å². The SMILES string of the molecule is Cc1ccc2c(c1)OCCCC2NCC1(O)CCCC1. The van der Waals surface area contributed by atoms with Crippen LogP contribution in [0.5, 0.6) is 5.75 Å². The zero-order chi connectivity index (χ0) is 14.0. The van der Waals surface area contributed by atoms with E-state index in [0.29, 0.717) is 12.6 Å². The van der Waals surface area contributed by atoms with Crippen LogP contribution in [-0.4, -0.2) is 23.9 Å².